The molecule has 0 unspecified atom stereocenters. The van der Waals surface area contributed by atoms with Gasteiger partial charge in [0.1, 0.15) is 5.82 Å². The fourth-order valence-electron chi connectivity index (χ4n) is 3.05. The number of amides is 1. The van der Waals surface area contributed by atoms with E-state index >= 15 is 0 Å². The first kappa shape index (κ1) is 17.7. The van der Waals surface area contributed by atoms with Gasteiger partial charge in [-0.1, -0.05) is 54.6 Å². The van der Waals surface area contributed by atoms with Crippen molar-refractivity contribution in [3.8, 4) is 11.4 Å². The van der Waals surface area contributed by atoms with E-state index in [1.807, 2.05) is 66.7 Å². The zero-order valence-corrected chi connectivity index (χ0v) is 15.2. The van der Waals surface area contributed by atoms with Crippen molar-refractivity contribution in [3.63, 3.8) is 0 Å². The van der Waals surface area contributed by atoms with E-state index in [4.69, 9.17) is 0 Å². The lowest BCUT2D eigenvalue weighted by Crippen LogP contribution is -2.13. The molecule has 0 spiro atoms. The smallest absolute Gasteiger partial charge is 0.224 e. The quantitative estimate of drug-likeness (QED) is 0.478. The van der Waals surface area contributed by atoms with Gasteiger partial charge in [-0.05, 0) is 24.3 Å². The van der Waals surface area contributed by atoms with E-state index in [2.05, 4.69) is 15.3 Å². The number of aromatic nitrogens is 2. The Morgan fingerprint density at radius 2 is 1.64 bits per heavy atom. The van der Waals surface area contributed by atoms with Crippen LogP contribution in [0.3, 0.4) is 0 Å². The van der Waals surface area contributed by atoms with Gasteiger partial charge in [-0.25, -0.2) is 4.98 Å². The van der Waals surface area contributed by atoms with E-state index in [1.165, 1.54) is 0 Å². The summed E-state index contributed by atoms with van der Waals surface area (Å²) in [6.45, 7) is 0. The fraction of sp³-hybridized carbons (Fsp3) is 0.0870. The number of Topliss-reactive ketones (excluding diaryl/α,β-unsaturated/α-hetero) is 1. The molecule has 5 nitrogen and oxygen atoms in total. The van der Waals surface area contributed by atoms with Gasteiger partial charge in [-0.2, -0.15) is 0 Å². The number of nitrogens with zero attached hydrogens (tertiary/aromatic N) is 1. The Labute approximate surface area is 162 Å². The Kier molecular flexibility index (Phi) is 4.97. The number of carbonyl (C=O) groups is 2. The van der Waals surface area contributed by atoms with E-state index in [0.29, 0.717) is 11.3 Å². The highest BCUT2D eigenvalue weighted by atomic mass is 16.2. The van der Waals surface area contributed by atoms with Crippen LogP contribution >= 0.6 is 0 Å². The Bertz CT molecular complexity index is 1100. The molecule has 0 atom stereocenters. The van der Waals surface area contributed by atoms with Crippen molar-refractivity contribution in [3.05, 3.63) is 84.4 Å². The van der Waals surface area contributed by atoms with Crippen LogP contribution in [0.2, 0.25) is 0 Å². The molecule has 138 valence electrons. The highest BCUT2D eigenvalue weighted by molar-refractivity contribution is 6.00. The zero-order valence-electron chi connectivity index (χ0n) is 15.2. The number of hydrogen-bond acceptors (Lipinski definition) is 3. The Balaban J connectivity index is 1.41. The number of H-pyrrole nitrogens is 1. The van der Waals surface area contributed by atoms with Crippen LogP contribution in [0, 0.1) is 0 Å². The summed E-state index contributed by atoms with van der Waals surface area (Å²) in [4.78, 5) is 32.2. The molecule has 28 heavy (non-hydrogen) atoms. The Morgan fingerprint density at radius 3 is 2.46 bits per heavy atom. The van der Waals surface area contributed by atoms with Crippen molar-refractivity contribution in [1.29, 1.82) is 0 Å². The third-order valence-electron chi connectivity index (χ3n) is 4.48. The number of fused-ring (bicyclic) bond motifs is 1. The lowest BCUT2D eigenvalue weighted by molar-refractivity contribution is -0.116. The average Bonchev–Trinajstić information content (AvgIpc) is 3.17. The second-order valence-corrected chi connectivity index (χ2v) is 6.52. The first-order valence-corrected chi connectivity index (χ1v) is 9.12. The molecule has 1 aromatic heterocycles. The van der Waals surface area contributed by atoms with Crippen LogP contribution in [0.5, 0.6) is 0 Å². The minimum absolute atomic E-state index is 0.0354. The summed E-state index contributed by atoms with van der Waals surface area (Å²) in [5.74, 6) is 0.523. The number of hydrogen-bond donors (Lipinski definition) is 2. The van der Waals surface area contributed by atoms with Crippen molar-refractivity contribution in [2.24, 2.45) is 0 Å². The third-order valence-corrected chi connectivity index (χ3v) is 4.48. The van der Waals surface area contributed by atoms with E-state index < -0.39 is 0 Å². The molecule has 5 heteroatoms. The molecule has 0 saturated heterocycles. The largest absolute Gasteiger partial charge is 0.338 e. The topological polar surface area (TPSA) is 74.8 Å². The molecule has 0 saturated carbocycles. The molecule has 1 heterocycles. The third kappa shape index (κ3) is 3.99. The summed E-state index contributed by atoms with van der Waals surface area (Å²) in [5, 5.41) is 2.86. The van der Waals surface area contributed by atoms with E-state index in [-0.39, 0.29) is 24.5 Å². The molecule has 0 aliphatic heterocycles. The maximum absolute atomic E-state index is 12.3. The van der Waals surface area contributed by atoms with E-state index in [9.17, 15) is 9.59 Å². The van der Waals surface area contributed by atoms with Crippen molar-refractivity contribution >= 4 is 28.4 Å². The normalized spacial score (nSPS) is 10.7. The van der Waals surface area contributed by atoms with E-state index in [1.54, 1.807) is 12.1 Å². The summed E-state index contributed by atoms with van der Waals surface area (Å²) in [6, 6.07) is 24.3. The van der Waals surface area contributed by atoms with Crippen LogP contribution in [0.1, 0.15) is 23.2 Å². The number of benzene rings is 3. The van der Waals surface area contributed by atoms with Crippen LogP contribution in [-0.2, 0) is 4.79 Å². The Morgan fingerprint density at radius 1 is 0.857 bits per heavy atom. The monoisotopic (exact) mass is 369 g/mol. The Hall–Kier alpha value is -3.73. The molecule has 0 fully saturated rings. The van der Waals surface area contributed by atoms with Crippen molar-refractivity contribution in [2.75, 3.05) is 5.32 Å². The molecule has 0 radical (unpaired) electrons. The van der Waals surface area contributed by atoms with Crippen LogP contribution in [0.4, 0.5) is 5.69 Å². The minimum atomic E-state index is -0.189. The van der Waals surface area contributed by atoms with Crippen molar-refractivity contribution in [1.82, 2.24) is 9.97 Å². The van der Waals surface area contributed by atoms with Gasteiger partial charge in [0.2, 0.25) is 5.91 Å². The molecule has 4 rings (SSSR count). The standard InChI is InChI=1S/C23H19N3O2/c27-21(16-7-2-1-3-8-16)13-14-22(28)24-18-10-6-9-17(15-18)23-25-19-11-4-5-12-20(19)26-23/h1-12,15H,13-14H2,(H,24,28)(H,25,26). The number of nitrogens with one attached hydrogen (secondary N) is 2. The average molecular weight is 369 g/mol. The van der Waals surface area contributed by atoms with Crippen LogP contribution in [-0.4, -0.2) is 21.7 Å². The number of anilines is 1. The summed E-state index contributed by atoms with van der Waals surface area (Å²) in [6.07, 6.45) is 0.321. The lowest BCUT2D eigenvalue weighted by atomic mass is 10.1. The van der Waals surface area contributed by atoms with E-state index in [0.717, 1.165) is 22.4 Å². The van der Waals surface area contributed by atoms with Crippen LogP contribution in [0.25, 0.3) is 22.4 Å². The predicted octanol–water partition coefficient (Wildman–Crippen LogP) is 4.83. The van der Waals surface area contributed by atoms with Crippen molar-refractivity contribution < 1.29 is 9.59 Å². The number of aromatic amines is 1. The lowest BCUT2D eigenvalue weighted by Gasteiger charge is -2.06. The van der Waals surface area contributed by atoms with Gasteiger partial charge in [-0.15, -0.1) is 0 Å². The van der Waals surface area contributed by atoms with Gasteiger partial charge in [0.05, 0.1) is 11.0 Å². The van der Waals surface area contributed by atoms with Gasteiger partial charge in [0.25, 0.3) is 0 Å². The van der Waals surface area contributed by atoms with Crippen LogP contribution in [0.15, 0.2) is 78.9 Å². The number of rotatable bonds is 6. The molecule has 2 N–H and O–H groups in total. The highest BCUT2D eigenvalue weighted by Crippen LogP contribution is 2.23. The van der Waals surface area contributed by atoms with Crippen LogP contribution < -0.4 is 5.32 Å². The van der Waals surface area contributed by atoms with Gasteiger partial charge in [-0.3, -0.25) is 9.59 Å². The second kappa shape index (κ2) is 7.88. The number of imidazole rings is 1. The van der Waals surface area contributed by atoms with Gasteiger partial charge in [0, 0.05) is 29.7 Å². The molecule has 3 aromatic carbocycles. The van der Waals surface area contributed by atoms with Gasteiger partial charge in [0.15, 0.2) is 5.78 Å². The summed E-state index contributed by atoms with van der Waals surface area (Å²) in [7, 11) is 0. The molecule has 4 aromatic rings. The maximum atomic E-state index is 12.3. The fourth-order valence-corrected chi connectivity index (χ4v) is 3.05. The maximum Gasteiger partial charge on any atom is 0.224 e. The highest BCUT2D eigenvalue weighted by Gasteiger charge is 2.10. The first-order valence-electron chi connectivity index (χ1n) is 9.12. The number of ketones is 1. The minimum Gasteiger partial charge on any atom is -0.338 e. The molecule has 1 amide bonds. The summed E-state index contributed by atoms with van der Waals surface area (Å²) < 4.78 is 0. The SMILES string of the molecule is O=C(CCC(=O)c1ccccc1)Nc1cccc(-c2nc3ccccc3[nH]2)c1. The molecular weight excluding hydrogens is 350 g/mol. The predicted molar refractivity (Wildman–Crippen MR) is 110 cm³/mol. The zero-order chi connectivity index (χ0) is 19.3. The van der Waals surface area contributed by atoms with Gasteiger partial charge < -0.3 is 10.3 Å². The molecule has 0 aliphatic rings. The number of carbonyl (C=O) groups excluding carboxylic acids is 2. The first-order chi connectivity index (χ1) is 13.7. The van der Waals surface area contributed by atoms with Gasteiger partial charge >= 0.3 is 0 Å². The summed E-state index contributed by atoms with van der Waals surface area (Å²) >= 11 is 0. The number of para-hydroxylation sites is 2. The molecular formula is C23H19N3O2. The second-order valence-electron chi connectivity index (χ2n) is 6.52. The van der Waals surface area contributed by atoms with Crippen molar-refractivity contribution in [2.45, 2.75) is 12.8 Å². The summed E-state index contributed by atoms with van der Waals surface area (Å²) in [5.41, 5.74) is 4.05. The molecule has 0 aliphatic carbocycles. The molecule has 0 bridgehead atoms.